The Balaban J connectivity index is 1.20. The zero-order valence-corrected chi connectivity index (χ0v) is 18.3. The minimum atomic E-state index is -0.0300. The minimum absolute atomic E-state index is 0.000904. The molecule has 166 valence electrons. The molecule has 0 atom stereocenters. The summed E-state index contributed by atoms with van der Waals surface area (Å²) in [6, 6.07) is 13.4. The van der Waals surface area contributed by atoms with Gasteiger partial charge in [-0.25, -0.2) is 0 Å². The van der Waals surface area contributed by atoms with Crippen LogP contribution in [-0.2, 0) is 9.59 Å². The van der Waals surface area contributed by atoms with Gasteiger partial charge in [0.15, 0.2) is 11.6 Å². The highest BCUT2D eigenvalue weighted by Gasteiger charge is 2.30. The van der Waals surface area contributed by atoms with Crippen LogP contribution in [-0.4, -0.2) is 65.0 Å². The number of carbonyl (C=O) groups is 3. The summed E-state index contributed by atoms with van der Waals surface area (Å²) in [4.78, 5) is 45.9. The number of allylic oxidation sites excluding steroid dienone is 2. The van der Waals surface area contributed by atoms with E-state index in [4.69, 9.17) is 0 Å². The smallest absolute Gasteiger partial charge is 0.255 e. The summed E-state index contributed by atoms with van der Waals surface area (Å²) in [5, 5.41) is 0. The fourth-order valence-electron chi connectivity index (χ4n) is 4.49. The molecule has 0 radical (unpaired) electrons. The van der Waals surface area contributed by atoms with Crippen molar-refractivity contribution in [3.63, 3.8) is 0 Å². The van der Waals surface area contributed by atoms with E-state index in [2.05, 4.69) is 9.88 Å². The molecule has 0 N–H and O–H groups in total. The fraction of sp³-hybridized carbons (Fsp3) is 0.385. The number of amides is 1. The van der Waals surface area contributed by atoms with Gasteiger partial charge in [-0.15, -0.1) is 0 Å². The van der Waals surface area contributed by atoms with Gasteiger partial charge in [-0.3, -0.25) is 24.3 Å². The predicted molar refractivity (Wildman–Crippen MR) is 122 cm³/mol. The summed E-state index contributed by atoms with van der Waals surface area (Å²) < 4.78 is 0. The Morgan fingerprint density at radius 3 is 2.34 bits per heavy atom. The molecule has 1 aliphatic heterocycles. The summed E-state index contributed by atoms with van der Waals surface area (Å²) in [7, 11) is 0. The molecule has 1 saturated carbocycles. The van der Waals surface area contributed by atoms with Crippen molar-refractivity contribution in [2.45, 2.75) is 31.6 Å². The van der Waals surface area contributed by atoms with Gasteiger partial charge in [-0.1, -0.05) is 36.4 Å². The van der Waals surface area contributed by atoms with E-state index in [1.165, 1.54) is 0 Å². The zero-order chi connectivity index (χ0) is 22.3. The van der Waals surface area contributed by atoms with Crippen LogP contribution in [0, 0.1) is 0 Å². The summed E-state index contributed by atoms with van der Waals surface area (Å²) in [5.41, 5.74) is 2.09. The van der Waals surface area contributed by atoms with E-state index in [0.717, 1.165) is 38.0 Å². The lowest BCUT2D eigenvalue weighted by Gasteiger charge is -2.34. The van der Waals surface area contributed by atoms with Crippen LogP contribution < -0.4 is 0 Å². The molecule has 6 heteroatoms. The molecule has 1 aromatic heterocycles. The van der Waals surface area contributed by atoms with Gasteiger partial charge in [0.1, 0.15) is 0 Å². The van der Waals surface area contributed by atoms with E-state index in [9.17, 15) is 14.4 Å². The topological polar surface area (TPSA) is 70.6 Å². The van der Waals surface area contributed by atoms with Crippen LogP contribution in [0.4, 0.5) is 0 Å². The molecule has 2 heterocycles. The van der Waals surface area contributed by atoms with Crippen LogP contribution in [0.15, 0.2) is 66.5 Å². The molecule has 1 aromatic carbocycles. The van der Waals surface area contributed by atoms with Crippen molar-refractivity contribution in [3.05, 3.63) is 77.6 Å². The average molecular weight is 432 g/mol. The number of hydrogen-bond acceptors (Lipinski definition) is 5. The average Bonchev–Trinajstić information content (AvgIpc) is 2.84. The predicted octanol–water partition coefficient (Wildman–Crippen LogP) is 3.26. The third-order valence-corrected chi connectivity index (χ3v) is 6.33. The number of hydrogen-bond donors (Lipinski definition) is 0. The highest BCUT2D eigenvalue weighted by Crippen LogP contribution is 2.31. The molecule has 1 aliphatic carbocycles. The second-order valence-corrected chi connectivity index (χ2v) is 8.50. The van der Waals surface area contributed by atoms with E-state index >= 15 is 0 Å². The number of unbranched alkanes of at least 4 members (excludes halogenated alkanes) is 1. The Morgan fingerprint density at radius 2 is 1.69 bits per heavy atom. The summed E-state index contributed by atoms with van der Waals surface area (Å²) in [6.07, 6.45) is 7.55. The molecule has 0 bridgehead atoms. The van der Waals surface area contributed by atoms with Gasteiger partial charge in [-0.05, 0) is 43.0 Å². The lowest BCUT2D eigenvalue weighted by Crippen LogP contribution is -2.48. The number of pyridine rings is 1. The molecule has 2 aliphatic rings. The SMILES string of the molecule is O=C1CC(c2ccccc2)CC(=O)C1=CCCCN1CCN(C(=O)c2cccnc2)CC1. The molecular formula is C26H29N3O3. The van der Waals surface area contributed by atoms with E-state index in [0.29, 0.717) is 37.1 Å². The van der Waals surface area contributed by atoms with Crippen molar-refractivity contribution in [3.8, 4) is 0 Å². The lowest BCUT2D eigenvalue weighted by molar-refractivity contribution is -0.124. The molecule has 0 unspecified atom stereocenters. The quantitative estimate of drug-likeness (QED) is 0.399. The van der Waals surface area contributed by atoms with E-state index in [1.807, 2.05) is 41.3 Å². The normalized spacial score (nSPS) is 19.8. The maximum Gasteiger partial charge on any atom is 0.255 e. The Labute approximate surface area is 188 Å². The molecule has 2 fully saturated rings. The van der Waals surface area contributed by atoms with E-state index in [-0.39, 0.29) is 23.4 Å². The molecule has 32 heavy (non-hydrogen) atoms. The summed E-state index contributed by atoms with van der Waals surface area (Å²) in [6.45, 7) is 3.96. The molecule has 1 saturated heterocycles. The Hall–Kier alpha value is -3.12. The van der Waals surface area contributed by atoms with Crippen LogP contribution in [0.1, 0.15) is 47.5 Å². The first-order valence-electron chi connectivity index (χ1n) is 11.3. The second kappa shape index (κ2) is 10.5. The molecule has 1 amide bonds. The van der Waals surface area contributed by atoms with Gasteiger partial charge < -0.3 is 4.90 Å². The number of Topliss-reactive ketones (excluding diaryl/α,β-unsaturated/α-hetero) is 2. The van der Waals surface area contributed by atoms with Gasteiger partial charge in [-0.2, -0.15) is 0 Å². The number of piperazine rings is 1. The van der Waals surface area contributed by atoms with Crippen molar-refractivity contribution in [1.82, 2.24) is 14.8 Å². The third-order valence-electron chi connectivity index (χ3n) is 6.33. The van der Waals surface area contributed by atoms with Crippen LogP contribution in [0.25, 0.3) is 0 Å². The molecule has 2 aromatic rings. The largest absolute Gasteiger partial charge is 0.336 e. The summed E-state index contributed by atoms with van der Waals surface area (Å²) in [5.74, 6) is -0.0279. The van der Waals surface area contributed by atoms with Gasteiger partial charge in [0.05, 0.1) is 11.1 Å². The molecule has 6 nitrogen and oxygen atoms in total. The number of benzene rings is 1. The first-order valence-corrected chi connectivity index (χ1v) is 11.3. The fourth-order valence-corrected chi connectivity index (χ4v) is 4.49. The first-order chi connectivity index (χ1) is 15.6. The number of carbonyl (C=O) groups excluding carboxylic acids is 3. The number of aromatic nitrogens is 1. The van der Waals surface area contributed by atoms with Gasteiger partial charge in [0.25, 0.3) is 5.91 Å². The van der Waals surface area contributed by atoms with E-state index in [1.54, 1.807) is 24.5 Å². The Kier molecular flexibility index (Phi) is 7.22. The van der Waals surface area contributed by atoms with Crippen LogP contribution >= 0.6 is 0 Å². The van der Waals surface area contributed by atoms with E-state index < -0.39 is 0 Å². The van der Waals surface area contributed by atoms with Gasteiger partial charge in [0, 0.05) is 51.4 Å². The first kappa shape index (κ1) is 22.1. The Bertz CT molecular complexity index is 960. The third kappa shape index (κ3) is 5.37. The number of ketones is 2. The molecule has 0 spiro atoms. The summed E-state index contributed by atoms with van der Waals surface area (Å²) >= 11 is 0. The van der Waals surface area contributed by atoms with Crippen LogP contribution in [0.2, 0.25) is 0 Å². The minimum Gasteiger partial charge on any atom is -0.336 e. The van der Waals surface area contributed by atoms with Gasteiger partial charge in [0.2, 0.25) is 0 Å². The van der Waals surface area contributed by atoms with Crippen LogP contribution in [0.3, 0.4) is 0 Å². The van der Waals surface area contributed by atoms with Crippen molar-refractivity contribution in [2.24, 2.45) is 0 Å². The highest BCUT2D eigenvalue weighted by atomic mass is 16.2. The zero-order valence-electron chi connectivity index (χ0n) is 18.3. The Morgan fingerprint density at radius 1 is 0.969 bits per heavy atom. The molecule has 4 rings (SSSR count). The monoisotopic (exact) mass is 431 g/mol. The van der Waals surface area contributed by atoms with Gasteiger partial charge >= 0.3 is 0 Å². The second-order valence-electron chi connectivity index (χ2n) is 8.50. The lowest BCUT2D eigenvalue weighted by atomic mass is 9.79. The van der Waals surface area contributed by atoms with Crippen molar-refractivity contribution < 1.29 is 14.4 Å². The van der Waals surface area contributed by atoms with Crippen molar-refractivity contribution >= 4 is 17.5 Å². The maximum absolute atomic E-state index is 12.6. The maximum atomic E-state index is 12.6. The van der Waals surface area contributed by atoms with Crippen LogP contribution in [0.5, 0.6) is 0 Å². The van der Waals surface area contributed by atoms with Crippen molar-refractivity contribution in [1.29, 1.82) is 0 Å². The number of nitrogens with zero attached hydrogens (tertiary/aromatic N) is 3. The number of rotatable bonds is 6. The standard InChI is InChI=1S/C26H29N3O3/c30-24-17-22(20-7-2-1-3-8-20)18-25(31)23(24)10-4-5-12-28-13-15-29(16-14-28)26(32)21-9-6-11-27-19-21/h1-3,6-11,19,22H,4-5,12-18H2. The molecular weight excluding hydrogens is 402 g/mol. The highest BCUT2D eigenvalue weighted by molar-refractivity contribution is 6.22. The van der Waals surface area contributed by atoms with Crippen molar-refractivity contribution in [2.75, 3.05) is 32.7 Å².